The van der Waals surface area contributed by atoms with Gasteiger partial charge in [-0.1, -0.05) is 49.6 Å². The molecule has 4 rings (SSSR count). The van der Waals surface area contributed by atoms with Crippen LogP contribution < -0.4 is 10.6 Å². The van der Waals surface area contributed by atoms with Crippen molar-refractivity contribution in [3.8, 4) is 0 Å². The third kappa shape index (κ3) is 4.15. The summed E-state index contributed by atoms with van der Waals surface area (Å²) in [5, 5.41) is 10.1. The van der Waals surface area contributed by atoms with Crippen LogP contribution >= 0.6 is 15.9 Å². The van der Waals surface area contributed by atoms with Crippen LogP contribution in [0.15, 0.2) is 34.8 Å². The molecule has 2 atom stereocenters. The minimum Gasteiger partial charge on any atom is -0.362 e. The van der Waals surface area contributed by atoms with Gasteiger partial charge in [0, 0.05) is 12.5 Å². The SMILES string of the molecule is O=C(NC1CCCCC1)c1nn2c(c1Br)N[C@@H](c1ccccc1)C[C@H]2C(F)(F)F. The van der Waals surface area contributed by atoms with Crippen LogP contribution in [-0.2, 0) is 0 Å². The van der Waals surface area contributed by atoms with Gasteiger partial charge in [-0.2, -0.15) is 18.3 Å². The van der Waals surface area contributed by atoms with Crippen LogP contribution in [0, 0.1) is 0 Å². The monoisotopic (exact) mass is 470 g/mol. The molecule has 1 aliphatic heterocycles. The summed E-state index contributed by atoms with van der Waals surface area (Å²) >= 11 is 3.32. The second kappa shape index (κ2) is 8.01. The van der Waals surface area contributed by atoms with E-state index in [1.165, 1.54) is 0 Å². The quantitative estimate of drug-likeness (QED) is 0.633. The van der Waals surface area contributed by atoms with E-state index in [0.717, 1.165) is 42.3 Å². The predicted octanol–water partition coefficient (Wildman–Crippen LogP) is 5.37. The van der Waals surface area contributed by atoms with Gasteiger partial charge in [-0.25, -0.2) is 4.68 Å². The number of nitrogens with one attached hydrogen (secondary N) is 2. The molecule has 1 aromatic heterocycles. The highest BCUT2D eigenvalue weighted by molar-refractivity contribution is 9.10. The molecule has 1 saturated carbocycles. The van der Waals surface area contributed by atoms with Gasteiger partial charge < -0.3 is 10.6 Å². The Hall–Kier alpha value is -2.03. The molecule has 156 valence electrons. The van der Waals surface area contributed by atoms with E-state index >= 15 is 0 Å². The number of hydrogen-bond acceptors (Lipinski definition) is 3. The van der Waals surface area contributed by atoms with Crippen LogP contribution in [0.4, 0.5) is 19.0 Å². The first-order valence-electron chi connectivity index (χ1n) is 9.81. The third-order valence-corrected chi connectivity index (χ3v) is 6.40. The molecule has 2 heterocycles. The molecule has 1 aromatic carbocycles. The van der Waals surface area contributed by atoms with Crippen LogP contribution in [0.1, 0.15) is 66.7 Å². The number of hydrogen-bond donors (Lipinski definition) is 2. The van der Waals surface area contributed by atoms with Gasteiger partial charge in [0.05, 0.1) is 10.5 Å². The summed E-state index contributed by atoms with van der Waals surface area (Å²) in [5.41, 5.74) is 0.746. The number of nitrogens with zero attached hydrogens (tertiary/aromatic N) is 2. The summed E-state index contributed by atoms with van der Waals surface area (Å²) in [5.74, 6) is -0.258. The van der Waals surface area contributed by atoms with Gasteiger partial charge in [0.15, 0.2) is 11.7 Å². The van der Waals surface area contributed by atoms with Gasteiger partial charge in [-0.15, -0.1) is 0 Å². The Morgan fingerprint density at radius 2 is 1.86 bits per heavy atom. The molecule has 1 amide bonds. The number of alkyl halides is 3. The molecule has 5 nitrogen and oxygen atoms in total. The van der Waals surface area contributed by atoms with Gasteiger partial charge in [-0.3, -0.25) is 4.79 Å². The van der Waals surface area contributed by atoms with Crippen molar-refractivity contribution in [2.24, 2.45) is 0 Å². The number of benzene rings is 1. The fourth-order valence-electron chi connectivity index (χ4n) is 4.14. The van der Waals surface area contributed by atoms with Crippen LogP contribution in [0.2, 0.25) is 0 Å². The zero-order valence-electron chi connectivity index (χ0n) is 15.7. The summed E-state index contributed by atoms with van der Waals surface area (Å²) in [7, 11) is 0. The number of carbonyl (C=O) groups is 1. The molecule has 9 heteroatoms. The van der Waals surface area contributed by atoms with Crippen LogP contribution in [0.3, 0.4) is 0 Å². The Morgan fingerprint density at radius 3 is 2.52 bits per heavy atom. The molecule has 2 aliphatic rings. The molecular formula is C20H22BrF3N4O. The fourth-order valence-corrected chi connectivity index (χ4v) is 4.69. The zero-order valence-corrected chi connectivity index (χ0v) is 17.3. The Labute approximate surface area is 175 Å². The summed E-state index contributed by atoms with van der Waals surface area (Å²) in [4.78, 5) is 12.7. The summed E-state index contributed by atoms with van der Waals surface area (Å²) in [6, 6.07) is 6.71. The van der Waals surface area contributed by atoms with E-state index in [-0.39, 0.29) is 28.4 Å². The molecule has 1 fully saturated rings. The van der Waals surface area contributed by atoms with Gasteiger partial charge >= 0.3 is 6.18 Å². The molecule has 0 unspecified atom stereocenters. The van der Waals surface area contributed by atoms with E-state index in [9.17, 15) is 18.0 Å². The van der Waals surface area contributed by atoms with Crippen molar-refractivity contribution >= 4 is 27.7 Å². The Morgan fingerprint density at radius 1 is 1.17 bits per heavy atom. The molecule has 0 bridgehead atoms. The number of rotatable bonds is 3. The number of halogens is 4. The van der Waals surface area contributed by atoms with Crippen LogP contribution in [-0.4, -0.2) is 27.9 Å². The van der Waals surface area contributed by atoms with E-state index in [1.54, 1.807) is 24.3 Å². The van der Waals surface area contributed by atoms with E-state index in [2.05, 4.69) is 31.7 Å². The van der Waals surface area contributed by atoms with E-state index in [0.29, 0.717) is 0 Å². The minimum absolute atomic E-state index is 0.0129. The van der Waals surface area contributed by atoms with Gasteiger partial charge in [0.1, 0.15) is 5.82 Å². The molecule has 1 aliphatic carbocycles. The lowest BCUT2D eigenvalue weighted by atomic mass is 9.95. The number of fused-ring (bicyclic) bond motifs is 1. The standard InChI is InChI=1S/C20H22BrF3N4O/c21-16-17(19(29)25-13-9-5-2-6-10-13)27-28-15(20(22,23)24)11-14(26-18(16)28)12-7-3-1-4-8-12/h1,3-4,7-8,13-15,26H,2,5-6,9-11H2,(H,25,29)/t14-,15+/m1/s1. The number of anilines is 1. The van der Waals surface area contributed by atoms with Gasteiger partial charge in [0.2, 0.25) is 0 Å². The highest BCUT2D eigenvalue weighted by Gasteiger charge is 2.47. The van der Waals surface area contributed by atoms with Crippen molar-refractivity contribution in [1.82, 2.24) is 15.1 Å². The van der Waals surface area contributed by atoms with Crippen molar-refractivity contribution in [2.75, 3.05) is 5.32 Å². The Balaban J connectivity index is 1.65. The maximum atomic E-state index is 13.8. The Kier molecular flexibility index (Phi) is 5.59. The average molecular weight is 471 g/mol. The lowest BCUT2D eigenvalue weighted by Crippen LogP contribution is -2.37. The Bertz CT molecular complexity index is 878. The van der Waals surface area contributed by atoms with Crippen molar-refractivity contribution in [2.45, 2.75) is 62.8 Å². The maximum Gasteiger partial charge on any atom is 0.410 e. The molecule has 2 N–H and O–H groups in total. The molecule has 0 spiro atoms. The van der Waals surface area contributed by atoms with Crippen molar-refractivity contribution in [3.05, 3.63) is 46.1 Å². The minimum atomic E-state index is -4.48. The summed E-state index contributed by atoms with van der Waals surface area (Å²) in [6.45, 7) is 0. The maximum absolute atomic E-state index is 13.8. The third-order valence-electron chi connectivity index (χ3n) is 5.65. The number of aromatic nitrogens is 2. The van der Waals surface area contributed by atoms with Gasteiger partial charge in [0.25, 0.3) is 5.91 Å². The van der Waals surface area contributed by atoms with E-state index < -0.39 is 24.2 Å². The second-order valence-electron chi connectivity index (χ2n) is 7.66. The normalized spacial score (nSPS) is 22.6. The first kappa shape index (κ1) is 20.3. The average Bonchev–Trinajstić information content (AvgIpc) is 3.05. The smallest absolute Gasteiger partial charge is 0.362 e. The molecule has 0 radical (unpaired) electrons. The van der Waals surface area contributed by atoms with Crippen molar-refractivity contribution in [1.29, 1.82) is 0 Å². The van der Waals surface area contributed by atoms with Crippen molar-refractivity contribution < 1.29 is 18.0 Å². The van der Waals surface area contributed by atoms with E-state index in [4.69, 9.17) is 0 Å². The van der Waals surface area contributed by atoms with E-state index in [1.807, 2.05) is 6.07 Å². The van der Waals surface area contributed by atoms with Gasteiger partial charge in [-0.05, 0) is 34.3 Å². The largest absolute Gasteiger partial charge is 0.410 e. The predicted molar refractivity (Wildman–Crippen MR) is 107 cm³/mol. The van der Waals surface area contributed by atoms with Crippen LogP contribution in [0.5, 0.6) is 0 Å². The molecule has 2 aromatic rings. The highest BCUT2D eigenvalue weighted by Crippen LogP contribution is 2.46. The first-order valence-corrected chi connectivity index (χ1v) is 10.6. The summed E-state index contributed by atoms with van der Waals surface area (Å²) in [6.07, 6.45) is 0.328. The lowest BCUT2D eigenvalue weighted by molar-refractivity contribution is -0.173. The molecular weight excluding hydrogens is 449 g/mol. The first-order chi connectivity index (χ1) is 13.8. The molecule has 0 saturated heterocycles. The summed E-state index contributed by atoms with van der Waals surface area (Å²) < 4.78 is 42.6. The lowest BCUT2D eigenvalue weighted by Gasteiger charge is -2.33. The van der Waals surface area contributed by atoms with Crippen LogP contribution in [0.25, 0.3) is 0 Å². The zero-order chi connectivity index (χ0) is 20.6. The topological polar surface area (TPSA) is 59.0 Å². The number of amides is 1. The highest BCUT2D eigenvalue weighted by atomic mass is 79.9. The molecule has 29 heavy (non-hydrogen) atoms. The number of carbonyl (C=O) groups excluding carboxylic acids is 1. The van der Waals surface area contributed by atoms with Crippen molar-refractivity contribution in [3.63, 3.8) is 0 Å². The second-order valence-corrected chi connectivity index (χ2v) is 8.46. The fraction of sp³-hybridized carbons (Fsp3) is 0.500.